The molecule has 3 nitrogen and oxygen atoms in total. The number of guanidine groups is 1. The average Bonchev–Trinajstić information content (AvgIpc) is 3.15. The van der Waals surface area contributed by atoms with Crippen molar-refractivity contribution in [2.75, 3.05) is 13.6 Å². The number of benzene rings is 1. The predicted octanol–water partition coefficient (Wildman–Crippen LogP) is 3.14. The van der Waals surface area contributed by atoms with Crippen LogP contribution in [0.4, 0.5) is 0 Å². The van der Waals surface area contributed by atoms with Crippen LogP contribution in [0.2, 0.25) is 0 Å². The zero-order valence-electron chi connectivity index (χ0n) is 12.3. The Morgan fingerprint density at radius 2 is 1.95 bits per heavy atom. The predicted molar refractivity (Wildman–Crippen MR) is 89.9 cm³/mol. The van der Waals surface area contributed by atoms with E-state index >= 15 is 0 Å². The summed E-state index contributed by atoms with van der Waals surface area (Å²) < 4.78 is 0. The molecule has 21 heavy (non-hydrogen) atoms. The first-order chi connectivity index (χ1) is 10.3. The summed E-state index contributed by atoms with van der Waals surface area (Å²) in [5.74, 6) is 0.880. The van der Waals surface area contributed by atoms with Gasteiger partial charge >= 0.3 is 0 Å². The Bertz CT molecular complexity index is 586. The Hall–Kier alpha value is -1.81. The molecular weight excluding hydrogens is 278 g/mol. The summed E-state index contributed by atoms with van der Waals surface area (Å²) in [5.41, 5.74) is 1.74. The first kappa shape index (κ1) is 14.1. The minimum atomic E-state index is 0.307. The monoisotopic (exact) mass is 299 g/mol. The highest BCUT2D eigenvalue weighted by atomic mass is 32.1. The van der Waals surface area contributed by atoms with Crippen LogP contribution >= 0.6 is 11.3 Å². The summed E-state index contributed by atoms with van der Waals surface area (Å²) in [4.78, 5) is 5.63. The van der Waals surface area contributed by atoms with Gasteiger partial charge in [-0.25, -0.2) is 0 Å². The van der Waals surface area contributed by atoms with Crippen molar-refractivity contribution in [3.8, 4) is 0 Å². The fourth-order valence-corrected chi connectivity index (χ4v) is 3.21. The van der Waals surface area contributed by atoms with E-state index in [2.05, 4.69) is 63.5 Å². The lowest BCUT2D eigenvalue weighted by molar-refractivity contribution is 0.646. The average molecular weight is 299 g/mol. The van der Waals surface area contributed by atoms with Crippen LogP contribution in [0, 0.1) is 0 Å². The van der Waals surface area contributed by atoms with Gasteiger partial charge in [-0.2, -0.15) is 0 Å². The van der Waals surface area contributed by atoms with Gasteiger partial charge in [-0.3, -0.25) is 4.99 Å². The van der Waals surface area contributed by atoms with E-state index in [0.717, 1.165) is 19.0 Å². The van der Waals surface area contributed by atoms with Gasteiger partial charge in [0, 0.05) is 23.9 Å². The highest BCUT2D eigenvalue weighted by Gasteiger charge is 2.43. The number of nitrogens with one attached hydrogen (secondary N) is 2. The van der Waals surface area contributed by atoms with Gasteiger partial charge < -0.3 is 10.6 Å². The van der Waals surface area contributed by atoms with E-state index in [1.54, 1.807) is 11.3 Å². The third-order valence-electron chi connectivity index (χ3n) is 4.07. The molecule has 0 amide bonds. The van der Waals surface area contributed by atoms with Crippen molar-refractivity contribution in [2.24, 2.45) is 4.99 Å². The Morgan fingerprint density at radius 3 is 2.57 bits per heavy atom. The fourth-order valence-electron chi connectivity index (χ4n) is 2.57. The van der Waals surface area contributed by atoms with Crippen molar-refractivity contribution in [3.63, 3.8) is 0 Å². The van der Waals surface area contributed by atoms with Gasteiger partial charge in [-0.15, -0.1) is 11.3 Å². The molecule has 0 aliphatic heterocycles. The highest BCUT2D eigenvalue weighted by Crippen LogP contribution is 2.47. The largest absolute Gasteiger partial charge is 0.356 e. The van der Waals surface area contributed by atoms with E-state index in [-0.39, 0.29) is 0 Å². The van der Waals surface area contributed by atoms with Crippen molar-refractivity contribution in [1.82, 2.24) is 10.6 Å². The molecule has 0 unspecified atom stereocenters. The van der Waals surface area contributed by atoms with Crippen LogP contribution in [0.1, 0.15) is 23.3 Å². The van der Waals surface area contributed by atoms with Crippen LogP contribution in [0.15, 0.2) is 52.8 Å². The zero-order chi connectivity index (χ0) is 14.5. The molecule has 1 saturated carbocycles. The maximum absolute atomic E-state index is 4.31. The van der Waals surface area contributed by atoms with E-state index in [1.165, 1.54) is 23.3 Å². The molecule has 1 aliphatic rings. The summed E-state index contributed by atoms with van der Waals surface area (Å²) >= 11 is 1.76. The van der Waals surface area contributed by atoms with Crippen molar-refractivity contribution in [1.29, 1.82) is 0 Å². The summed E-state index contributed by atoms with van der Waals surface area (Å²) in [5, 5.41) is 8.95. The molecule has 1 heterocycles. The number of hydrogen-bond acceptors (Lipinski definition) is 2. The molecule has 0 saturated heterocycles. The molecule has 3 rings (SSSR count). The van der Waals surface area contributed by atoms with Crippen LogP contribution in [-0.2, 0) is 12.0 Å². The summed E-state index contributed by atoms with van der Waals surface area (Å²) in [6.45, 7) is 1.77. The van der Waals surface area contributed by atoms with Crippen molar-refractivity contribution >= 4 is 17.3 Å². The van der Waals surface area contributed by atoms with Crippen molar-refractivity contribution in [2.45, 2.75) is 24.8 Å². The van der Waals surface area contributed by atoms with Crippen LogP contribution in [0.3, 0.4) is 0 Å². The zero-order valence-corrected chi connectivity index (χ0v) is 13.1. The lowest BCUT2D eigenvalue weighted by atomic mass is 9.96. The van der Waals surface area contributed by atoms with Gasteiger partial charge in [0.05, 0.1) is 6.54 Å². The lowest BCUT2D eigenvalue weighted by Gasteiger charge is -2.18. The second-order valence-corrected chi connectivity index (χ2v) is 6.54. The number of rotatable bonds is 5. The molecule has 110 valence electrons. The number of thiophene rings is 1. The summed E-state index contributed by atoms with van der Waals surface area (Å²) in [6.07, 6.45) is 2.51. The Balaban J connectivity index is 1.54. The van der Waals surface area contributed by atoms with E-state index in [1.807, 2.05) is 7.05 Å². The maximum Gasteiger partial charge on any atom is 0.191 e. The summed E-state index contributed by atoms with van der Waals surface area (Å²) in [6, 6.07) is 15.0. The van der Waals surface area contributed by atoms with Crippen LogP contribution < -0.4 is 10.6 Å². The first-order valence-corrected chi connectivity index (χ1v) is 8.23. The third kappa shape index (κ3) is 3.45. The second kappa shape index (κ2) is 6.31. The molecule has 1 aromatic carbocycles. The van der Waals surface area contributed by atoms with E-state index in [4.69, 9.17) is 0 Å². The molecule has 2 N–H and O–H groups in total. The highest BCUT2D eigenvalue weighted by molar-refractivity contribution is 7.09. The normalized spacial score (nSPS) is 16.5. The molecule has 0 radical (unpaired) electrons. The molecule has 2 aromatic rings. The topological polar surface area (TPSA) is 36.4 Å². The minimum Gasteiger partial charge on any atom is -0.356 e. The molecule has 4 heteroatoms. The van der Waals surface area contributed by atoms with Crippen molar-refractivity contribution in [3.05, 3.63) is 58.3 Å². The van der Waals surface area contributed by atoms with Crippen LogP contribution in [0.5, 0.6) is 0 Å². The van der Waals surface area contributed by atoms with Crippen LogP contribution in [0.25, 0.3) is 0 Å². The molecule has 1 aliphatic carbocycles. The number of aliphatic imine (C=N–C) groups is 1. The van der Waals surface area contributed by atoms with Gasteiger partial charge in [0.1, 0.15) is 0 Å². The van der Waals surface area contributed by atoms with Gasteiger partial charge in [0.15, 0.2) is 5.96 Å². The number of hydrogen-bond donors (Lipinski definition) is 2. The third-order valence-corrected chi connectivity index (χ3v) is 4.94. The Kier molecular flexibility index (Phi) is 4.25. The van der Waals surface area contributed by atoms with Crippen LogP contribution in [-0.4, -0.2) is 19.6 Å². The molecule has 0 bridgehead atoms. The Labute approximate surface area is 130 Å². The second-order valence-electron chi connectivity index (χ2n) is 5.51. The Morgan fingerprint density at radius 1 is 1.14 bits per heavy atom. The first-order valence-electron chi connectivity index (χ1n) is 7.35. The lowest BCUT2D eigenvalue weighted by Crippen LogP contribution is -2.40. The maximum atomic E-state index is 4.31. The van der Waals surface area contributed by atoms with Gasteiger partial charge in [-0.05, 0) is 29.9 Å². The molecule has 0 atom stereocenters. The van der Waals surface area contributed by atoms with Gasteiger partial charge in [-0.1, -0.05) is 36.4 Å². The van der Waals surface area contributed by atoms with Gasteiger partial charge in [0.25, 0.3) is 0 Å². The SMILES string of the molecule is CN=C(NCc1cccs1)NCC1(c2ccccc2)CC1. The van der Waals surface area contributed by atoms with E-state index in [9.17, 15) is 0 Å². The number of nitrogens with zero attached hydrogens (tertiary/aromatic N) is 1. The minimum absolute atomic E-state index is 0.307. The molecule has 0 spiro atoms. The standard InChI is InChI=1S/C17H21N3S/c1-18-16(19-12-15-8-5-11-21-15)20-13-17(9-10-17)14-6-3-2-4-7-14/h2-8,11H,9-10,12-13H2,1H3,(H2,18,19,20). The van der Waals surface area contributed by atoms with Gasteiger partial charge in [0.2, 0.25) is 0 Å². The molecular formula is C17H21N3S. The van der Waals surface area contributed by atoms with E-state index < -0.39 is 0 Å². The molecule has 1 fully saturated rings. The quantitative estimate of drug-likeness (QED) is 0.657. The smallest absolute Gasteiger partial charge is 0.191 e. The molecule has 1 aromatic heterocycles. The van der Waals surface area contributed by atoms with Crippen molar-refractivity contribution < 1.29 is 0 Å². The van der Waals surface area contributed by atoms with E-state index in [0.29, 0.717) is 5.41 Å². The summed E-state index contributed by atoms with van der Waals surface area (Å²) in [7, 11) is 1.83. The fraction of sp³-hybridized carbons (Fsp3) is 0.353.